The number of likely N-dealkylation sites (N-methyl/N-ethyl adjacent to an activating group) is 2. The zero-order chi connectivity index (χ0) is 29.7. The number of nitrogens with one attached hydrogen (secondary N) is 3. The zero-order valence-electron chi connectivity index (χ0n) is 25.0. The number of aromatic amines is 1. The quantitative estimate of drug-likeness (QED) is 0.328. The predicted octanol–water partition coefficient (Wildman–Crippen LogP) is 3.66. The van der Waals surface area contributed by atoms with E-state index in [1.165, 1.54) is 0 Å². The van der Waals surface area contributed by atoms with Crippen LogP contribution >= 0.6 is 0 Å². The largest absolute Gasteiger partial charge is 0.343 e. The molecular weight excluding hydrogens is 518 g/mol. The van der Waals surface area contributed by atoms with Crippen molar-refractivity contribution < 1.29 is 14.4 Å². The number of amides is 3. The van der Waals surface area contributed by atoms with Gasteiger partial charge in [-0.15, -0.1) is 0 Å². The summed E-state index contributed by atoms with van der Waals surface area (Å²) in [6.07, 6.45) is 4.21. The molecule has 4 atom stereocenters. The lowest BCUT2D eigenvalue weighted by Gasteiger charge is -2.34. The van der Waals surface area contributed by atoms with E-state index in [1.54, 1.807) is 25.2 Å². The van der Waals surface area contributed by atoms with E-state index >= 15 is 0 Å². The number of pyridine rings is 1. The fraction of sp³-hybridized carbons (Fsp3) is 0.516. The highest BCUT2D eigenvalue weighted by molar-refractivity contribution is 5.92. The maximum Gasteiger partial charge on any atom is 0.247 e. The smallest absolute Gasteiger partial charge is 0.247 e. The van der Waals surface area contributed by atoms with Gasteiger partial charge in [0.2, 0.25) is 17.7 Å². The van der Waals surface area contributed by atoms with Crippen molar-refractivity contribution in [1.29, 1.82) is 0 Å². The van der Waals surface area contributed by atoms with E-state index in [2.05, 4.69) is 20.6 Å². The van der Waals surface area contributed by atoms with Crippen LogP contribution in [0.4, 0.5) is 0 Å². The number of carbonyl (C=O) groups is 3. The Morgan fingerprint density at radius 3 is 2.51 bits per heavy atom. The maximum absolute atomic E-state index is 14.3. The van der Waals surface area contributed by atoms with Crippen LogP contribution in [0.5, 0.6) is 0 Å². The van der Waals surface area contributed by atoms with Crippen molar-refractivity contribution in [2.45, 2.75) is 77.5 Å². The lowest BCUT2D eigenvalue weighted by Crippen LogP contribution is -2.57. The molecule has 0 saturated carbocycles. The molecule has 0 aliphatic carbocycles. The van der Waals surface area contributed by atoms with Gasteiger partial charge in [0.15, 0.2) is 5.65 Å². The second-order valence-corrected chi connectivity index (χ2v) is 11.4. The Morgan fingerprint density at radius 1 is 1.12 bits per heavy atom. The van der Waals surface area contributed by atoms with E-state index in [1.807, 2.05) is 69.0 Å². The summed E-state index contributed by atoms with van der Waals surface area (Å²) in [5, 5.41) is 5.96. The molecule has 41 heavy (non-hydrogen) atoms. The van der Waals surface area contributed by atoms with Crippen LogP contribution in [0.1, 0.15) is 65.2 Å². The third kappa shape index (κ3) is 6.75. The molecule has 4 rings (SSSR count). The number of fused-ring (bicyclic) bond motifs is 1. The van der Waals surface area contributed by atoms with Crippen molar-refractivity contribution in [3.05, 3.63) is 48.4 Å². The third-order valence-electron chi connectivity index (χ3n) is 7.89. The number of H-pyrrole nitrogens is 1. The Hall–Kier alpha value is -3.79. The summed E-state index contributed by atoms with van der Waals surface area (Å²) in [5.74, 6) is 0.315. The van der Waals surface area contributed by atoms with Crippen LogP contribution < -0.4 is 10.6 Å². The normalized spacial score (nSPS) is 18.5. The van der Waals surface area contributed by atoms with E-state index < -0.39 is 12.1 Å². The van der Waals surface area contributed by atoms with Crippen LogP contribution in [-0.2, 0) is 14.4 Å². The highest BCUT2D eigenvalue weighted by Crippen LogP contribution is 2.37. The first-order valence-corrected chi connectivity index (χ1v) is 14.6. The SMILES string of the molecule is CC[C@H](NC)C(=O)N[C@@H](CN(C)C(=O)CC(C)C)C(=O)N1C(C)CC[C@H]1c1nc2nccc(-c3ccccc3)c2[nH]1. The topological polar surface area (TPSA) is 123 Å². The molecule has 1 aromatic carbocycles. The van der Waals surface area contributed by atoms with Crippen molar-refractivity contribution in [3.8, 4) is 11.1 Å². The minimum Gasteiger partial charge on any atom is -0.343 e. The van der Waals surface area contributed by atoms with E-state index in [9.17, 15) is 14.4 Å². The summed E-state index contributed by atoms with van der Waals surface area (Å²) in [6, 6.07) is 10.3. The van der Waals surface area contributed by atoms with Crippen molar-refractivity contribution >= 4 is 28.9 Å². The molecule has 10 heteroatoms. The number of aromatic nitrogens is 3. The summed E-state index contributed by atoms with van der Waals surface area (Å²) < 4.78 is 0. The van der Waals surface area contributed by atoms with Gasteiger partial charge >= 0.3 is 0 Å². The molecule has 0 radical (unpaired) electrons. The second-order valence-electron chi connectivity index (χ2n) is 11.4. The predicted molar refractivity (Wildman–Crippen MR) is 160 cm³/mol. The minimum absolute atomic E-state index is 0.0597. The Morgan fingerprint density at radius 2 is 1.85 bits per heavy atom. The molecule has 3 N–H and O–H groups in total. The Bertz CT molecular complexity index is 1350. The number of rotatable bonds is 11. The van der Waals surface area contributed by atoms with Crippen molar-refractivity contribution in [2.24, 2.45) is 5.92 Å². The van der Waals surface area contributed by atoms with Crippen molar-refractivity contribution in [1.82, 2.24) is 35.4 Å². The van der Waals surface area contributed by atoms with Gasteiger partial charge in [-0.25, -0.2) is 9.97 Å². The molecule has 220 valence electrons. The minimum atomic E-state index is -0.892. The number of nitrogens with zero attached hydrogens (tertiary/aromatic N) is 4. The van der Waals surface area contributed by atoms with Gasteiger partial charge in [-0.2, -0.15) is 0 Å². The number of carbonyl (C=O) groups excluding carboxylic acids is 3. The lowest BCUT2D eigenvalue weighted by molar-refractivity contribution is -0.141. The Kier molecular flexibility index (Phi) is 9.75. The summed E-state index contributed by atoms with van der Waals surface area (Å²) in [7, 11) is 3.41. The molecule has 0 spiro atoms. The van der Waals surface area contributed by atoms with E-state index in [0.29, 0.717) is 24.3 Å². The highest BCUT2D eigenvalue weighted by Gasteiger charge is 2.41. The first kappa shape index (κ1) is 30.2. The van der Waals surface area contributed by atoms with Crippen LogP contribution in [0.2, 0.25) is 0 Å². The van der Waals surface area contributed by atoms with Gasteiger partial charge in [0.1, 0.15) is 11.9 Å². The monoisotopic (exact) mass is 561 g/mol. The Balaban J connectivity index is 1.65. The maximum atomic E-state index is 14.3. The first-order valence-electron chi connectivity index (χ1n) is 14.6. The standard InChI is InChI=1S/C31H43N7O3/c1-7-23(32-5)30(40)34-24(18-37(6)26(39)17-19(2)3)31(41)38-20(4)13-14-25(38)28-35-27-22(15-16-33-29(27)36-28)21-11-9-8-10-12-21/h8-12,15-16,19-20,23-25,32H,7,13-14,17-18H2,1-6H3,(H,34,40)(H,33,35,36)/t20?,23-,24-,25-/m0/s1. The van der Waals surface area contributed by atoms with Crippen LogP contribution in [0.15, 0.2) is 42.6 Å². The average molecular weight is 562 g/mol. The molecule has 3 aromatic rings. The van der Waals surface area contributed by atoms with Crippen LogP contribution in [0, 0.1) is 5.92 Å². The molecule has 3 amide bonds. The molecule has 10 nitrogen and oxygen atoms in total. The fourth-order valence-corrected chi connectivity index (χ4v) is 5.61. The van der Waals surface area contributed by atoms with Crippen molar-refractivity contribution in [3.63, 3.8) is 0 Å². The summed E-state index contributed by atoms with van der Waals surface area (Å²) in [4.78, 5) is 56.3. The fourth-order valence-electron chi connectivity index (χ4n) is 5.61. The number of likely N-dealkylation sites (tertiary alicyclic amines) is 1. The first-order chi connectivity index (χ1) is 19.6. The third-order valence-corrected chi connectivity index (χ3v) is 7.89. The van der Waals surface area contributed by atoms with Gasteiger partial charge in [-0.3, -0.25) is 14.4 Å². The molecule has 1 saturated heterocycles. The van der Waals surface area contributed by atoms with Gasteiger partial charge < -0.3 is 25.4 Å². The van der Waals surface area contributed by atoms with Crippen LogP contribution in [-0.4, -0.2) is 81.2 Å². The number of hydrogen-bond donors (Lipinski definition) is 3. The number of imidazole rings is 1. The Labute approximate surface area is 242 Å². The molecule has 2 aromatic heterocycles. The molecule has 1 aliphatic heterocycles. The average Bonchev–Trinajstić information content (AvgIpc) is 3.56. The van der Waals surface area contributed by atoms with E-state index in [0.717, 1.165) is 29.5 Å². The van der Waals surface area contributed by atoms with Crippen LogP contribution in [0.3, 0.4) is 0 Å². The van der Waals surface area contributed by atoms with Gasteiger partial charge in [-0.05, 0) is 50.8 Å². The molecule has 3 heterocycles. The summed E-state index contributed by atoms with van der Waals surface area (Å²) >= 11 is 0. The lowest BCUT2D eigenvalue weighted by atomic mass is 10.1. The van der Waals surface area contributed by atoms with Gasteiger partial charge in [0, 0.05) is 37.8 Å². The molecular formula is C31H43N7O3. The summed E-state index contributed by atoms with van der Waals surface area (Å²) in [6.45, 7) is 7.98. The number of hydrogen-bond acceptors (Lipinski definition) is 6. The van der Waals surface area contributed by atoms with Gasteiger partial charge in [0.05, 0.1) is 17.6 Å². The molecule has 1 fully saturated rings. The highest BCUT2D eigenvalue weighted by atomic mass is 16.2. The van der Waals surface area contributed by atoms with Gasteiger partial charge in [-0.1, -0.05) is 51.1 Å². The van der Waals surface area contributed by atoms with E-state index in [-0.39, 0.29) is 42.3 Å². The number of benzene rings is 1. The summed E-state index contributed by atoms with van der Waals surface area (Å²) in [5.41, 5.74) is 3.46. The zero-order valence-corrected chi connectivity index (χ0v) is 25.0. The molecule has 1 unspecified atom stereocenters. The van der Waals surface area contributed by atoms with Crippen LogP contribution in [0.25, 0.3) is 22.3 Å². The van der Waals surface area contributed by atoms with Crippen molar-refractivity contribution in [2.75, 3.05) is 20.6 Å². The van der Waals surface area contributed by atoms with Gasteiger partial charge in [0.25, 0.3) is 0 Å². The van der Waals surface area contributed by atoms with E-state index in [4.69, 9.17) is 4.98 Å². The molecule has 1 aliphatic rings. The second kappa shape index (κ2) is 13.2. The molecule has 0 bridgehead atoms.